The Kier molecular flexibility index (Phi) is 10.3. The van der Waals surface area contributed by atoms with Crippen LogP contribution in [0.4, 0.5) is 0 Å². The highest BCUT2D eigenvalue weighted by Gasteiger charge is 2.54. The van der Waals surface area contributed by atoms with Gasteiger partial charge in [-0.1, -0.05) is 64.1 Å². The van der Waals surface area contributed by atoms with E-state index in [0.29, 0.717) is 6.42 Å². The highest BCUT2D eigenvalue weighted by atomic mass is 127. The van der Waals surface area contributed by atoms with Gasteiger partial charge in [0.1, 0.15) is 30.7 Å². The molecule has 2 saturated heterocycles. The monoisotopic (exact) mass is 626 g/mol. The van der Waals surface area contributed by atoms with Crippen LogP contribution >= 0.6 is 22.6 Å². The molecule has 6 nitrogen and oxygen atoms in total. The first kappa shape index (κ1) is 30.6. The summed E-state index contributed by atoms with van der Waals surface area (Å²) in [4.78, 5) is 11.1. The molecule has 0 aromatic heterocycles. The molecule has 0 saturated carbocycles. The highest BCUT2D eigenvalue weighted by molar-refractivity contribution is 14.1. The van der Waals surface area contributed by atoms with Gasteiger partial charge >= 0.3 is 0 Å². The largest absolute Gasteiger partial charge is 0.408 e. The lowest BCUT2D eigenvalue weighted by molar-refractivity contribution is -0.269. The van der Waals surface area contributed by atoms with Crippen molar-refractivity contribution >= 4 is 45.5 Å². The van der Waals surface area contributed by atoms with Crippen molar-refractivity contribution in [2.75, 3.05) is 0 Å². The van der Waals surface area contributed by atoms with Crippen LogP contribution in [0.15, 0.2) is 10.2 Å². The summed E-state index contributed by atoms with van der Waals surface area (Å²) >= 11 is 2.22. The molecule has 0 radical (unpaired) electrons. The number of aliphatic hydroxyl groups is 1. The van der Waals surface area contributed by atoms with Crippen molar-refractivity contribution in [2.24, 2.45) is 0 Å². The van der Waals surface area contributed by atoms with E-state index in [1.165, 1.54) is 0 Å². The Hall–Kier alpha value is 0.374. The first-order valence-corrected chi connectivity index (χ1v) is 19.6. The van der Waals surface area contributed by atoms with Crippen LogP contribution in [0.5, 0.6) is 0 Å². The average molecular weight is 627 g/mol. The van der Waals surface area contributed by atoms with Gasteiger partial charge in [0.15, 0.2) is 16.6 Å². The second-order valence-corrected chi connectivity index (χ2v) is 23.1. The van der Waals surface area contributed by atoms with Crippen LogP contribution < -0.4 is 0 Å². The molecule has 2 aliphatic rings. The summed E-state index contributed by atoms with van der Waals surface area (Å²) in [6, 6.07) is 0. The molecule has 2 fully saturated rings. The standard InChI is InChI=1S/C25H47IO6Si2/c1-24(2,3)33(7,8)31-19(13-15-26)22-23(32-34(9,10)25(4,5)6)20(28)21-18(30-22)12-11-17(29-21)14-16-27/h13,15-23,28H,11-12,14H2,1-10H3/b15-13+/t17?,18-,19-,20-,21-,22-,23?/m0/s1. The average Bonchev–Trinajstić information content (AvgIpc) is 2.68. The molecule has 2 unspecified atom stereocenters. The van der Waals surface area contributed by atoms with E-state index in [1.807, 2.05) is 10.2 Å². The third kappa shape index (κ3) is 7.02. The Labute approximate surface area is 222 Å². The minimum Gasteiger partial charge on any atom is -0.408 e. The molecule has 198 valence electrons. The Bertz CT molecular complexity index is 715. The SMILES string of the molecule is CC(C)(C)[Si](C)(C)OC1[C@@H](O)[C@H]2OC(CC=O)CC[C@@H]2O[C@H]1[C@H](/C=C/I)O[Si](C)(C)C(C)(C)C. The number of rotatable bonds is 8. The van der Waals surface area contributed by atoms with E-state index < -0.39 is 41.1 Å². The number of aldehydes is 1. The van der Waals surface area contributed by atoms with Crippen LogP contribution in [0.2, 0.25) is 36.3 Å². The molecule has 7 atom stereocenters. The van der Waals surface area contributed by atoms with Crippen LogP contribution in [-0.2, 0) is 23.1 Å². The number of hydrogen-bond acceptors (Lipinski definition) is 6. The maximum absolute atomic E-state index is 11.7. The summed E-state index contributed by atoms with van der Waals surface area (Å²) in [5.74, 6) is 0. The minimum absolute atomic E-state index is 0.0313. The van der Waals surface area contributed by atoms with E-state index in [9.17, 15) is 9.90 Å². The fraction of sp³-hybridized carbons (Fsp3) is 0.880. The van der Waals surface area contributed by atoms with E-state index in [4.69, 9.17) is 18.3 Å². The lowest BCUT2D eigenvalue weighted by Gasteiger charge is -2.53. The maximum atomic E-state index is 11.7. The summed E-state index contributed by atoms with van der Waals surface area (Å²) in [6.45, 7) is 22.1. The highest BCUT2D eigenvalue weighted by Crippen LogP contribution is 2.44. The van der Waals surface area contributed by atoms with Gasteiger partial charge in [-0.15, -0.1) is 0 Å². The van der Waals surface area contributed by atoms with E-state index in [2.05, 4.69) is 90.3 Å². The normalized spacial score (nSPS) is 32.5. The zero-order valence-electron chi connectivity index (χ0n) is 22.8. The summed E-state index contributed by atoms with van der Waals surface area (Å²) in [7, 11) is -4.38. The second kappa shape index (κ2) is 11.4. The van der Waals surface area contributed by atoms with Gasteiger partial charge in [-0.05, 0) is 59.3 Å². The molecule has 0 aliphatic carbocycles. The van der Waals surface area contributed by atoms with Crippen molar-refractivity contribution in [3.05, 3.63) is 10.2 Å². The molecule has 2 heterocycles. The smallest absolute Gasteiger partial charge is 0.193 e. The quantitative estimate of drug-likeness (QED) is 0.203. The van der Waals surface area contributed by atoms with Crippen molar-refractivity contribution in [3.63, 3.8) is 0 Å². The van der Waals surface area contributed by atoms with Crippen molar-refractivity contribution in [1.82, 2.24) is 0 Å². The van der Waals surface area contributed by atoms with Gasteiger partial charge in [0, 0.05) is 6.42 Å². The number of halogens is 1. The third-order valence-electron chi connectivity index (χ3n) is 8.24. The summed E-state index contributed by atoms with van der Waals surface area (Å²) in [5, 5.41) is 11.7. The molecule has 34 heavy (non-hydrogen) atoms. The Morgan fingerprint density at radius 2 is 1.62 bits per heavy atom. The molecule has 0 aromatic rings. The Balaban J connectivity index is 2.45. The van der Waals surface area contributed by atoms with Crippen LogP contribution in [0.25, 0.3) is 0 Å². The van der Waals surface area contributed by atoms with Gasteiger partial charge < -0.3 is 28.2 Å². The van der Waals surface area contributed by atoms with E-state index in [0.717, 1.165) is 19.1 Å². The van der Waals surface area contributed by atoms with Gasteiger partial charge in [0.05, 0.1) is 18.3 Å². The number of fused-ring (bicyclic) bond motifs is 1. The number of carbonyl (C=O) groups excluding carboxylic acids is 1. The summed E-state index contributed by atoms with van der Waals surface area (Å²) in [5.41, 5.74) is 0. The first-order chi connectivity index (χ1) is 15.4. The Morgan fingerprint density at radius 3 is 2.12 bits per heavy atom. The van der Waals surface area contributed by atoms with Crippen LogP contribution in [0.3, 0.4) is 0 Å². The molecule has 9 heteroatoms. The number of carbonyl (C=O) groups is 1. The first-order valence-electron chi connectivity index (χ1n) is 12.5. The molecule has 0 bridgehead atoms. The van der Waals surface area contributed by atoms with Crippen molar-refractivity contribution in [2.45, 2.75) is 140 Å². The summed E-state index contributed by atoms with van der Waals surface area (Å²) < 4.78 is 28.6. The molecule has 1 N–H and O–H groups in total. The van der Waals surface area contributed by atoms with Gasteiger partial charge in [-0.3, -0.25) is 0 Å². The predicted octanol–water partition coefficient (Wildman–Crippen LogP) is 5.98. The topological polar surface area (TPSA) is 74.2 Å². The van der Waals surface area contributed by atoms with Gasteiger partial charge in [-0.25, -0.2) is 0 Å². The molecule has 0 amide bonds. The molecular weight excluding hydrogens is 579 g/mol. The van der Waals surface area contributed by atoms with Crippen LogP contribution in [0.1, 0.15) is 60.8 Å². The van der Waals surface area contributed by atoms with Gasteiger partial charge in [0.2, 0.25) is 0 Å². The summed E-state index contributed by atoms with van der Waals surface area (Å²) in [6.07, 6.45) is 1.57. The lowest BCUT2D eigenvalue weighted by atomic mass is 9.87. The number of ether oxygens (including phenoxy) is 2. The van der Waals surface area contributed by atoms with E-state index in [-0.39, 0.29) is 28.4 Å². The third-order valence-corrected chi connectivity index (χ3v) is 17.6. The molecule has 2 rings (SSSR count). The van der Waals surface area contributed by atoms with Crippen molar-refractivity contribution in [1.29, 1.82) is 0 Å². The van der Waals surface area contributed by atoms with E-state index in [1.54, 1.807) is 0 Å². The molecule has 2 aliphatic heterocycles. The van der Waals surface area contributed by atoms with Crippen LogP contribution in [0, 0.1) is 0 Å². The number of aliphatic hydroxyl groups excluding tert-OH is 1. The molecular formula is C25H47IO6Si2. The number of hydrogen-bond donors (Lipinski definition) is 1. The zero-order chi connectivity index (χ0) is 26.1. The fourth-order valence-electron chi connectivity index (χ4n) is 4.00. The zero-order valence-corrected chi connectivity index (χ0v) is 26.9. The maximum Gasteiger partial charge on any atom is 0.193 e. The van der Waals surface area contributed by atoms with Gasteiger partial charge in [-0.2, -0.15) is 0 Å². The molecule has 0 aromatic carbocycles. The van der Waals surface area contributed by atoms with Crippen molar-refractivity contribution < 1.29 is 28.2 Å². The fourth-order valence-corrected chi connectivity index (χ4v) is 6.97. The lowest BCUT2D eigenvalue weighted by Crippen LogP contribution is -2.67. The Morgan fingerprint density at radius 1 is 1.03 bits per heavy atom. The molecule has 0 spiro atoms. The second-order valence-electron chi connectivity index (χ2n) is 12.8. The minimum atomic E-state index is -2.25. The van der Waals surface area contributed by atoms with Crippen LogP contribution in [-0.4, -0.2) is 70.8 Å². The van der Waals surface area contributed by atoms with Gasteiger partial charge in [0.25, 0.3) is 0 Å². The van der Waals surface area contributed by atoms with E-state index >= 15 is 0 Å². The van der Waals surface area contributed by atoms with Crippen molar-refractivity contribution in [3.8, 4) is 0 Å². The predicted molar refractivity (Wildman–Crippen MR) is 151 cm³/mol.